The van der Waals surface area contributed by atoms with Crippen molar-refractivity contribution in [1.82, 2.24) is 4.90 Å². The zero-order valence-corrected chi connectivity index (χ0v) is 13.5. The molecular formula is C19H19FN2O2. The van der Waals surface area contributed by atoms with E-state index in [9.17, 15) is 14.0 Å². The van der Waals surface area contributed by atoms with E-state index in [2.05, 4.69) is 11.9 Å². The molecule has 124 valence electrons. The molecule has 5 heteroatoms. The first-order valence-electron chi connectivity index (χ1n) is 7.60. The predicted molar refractivity (Wildman–Crippen MR) is 92.1 cm³/mol. The van der Waals surface area contributed by atoms with Crippen LogP contribution in [-0.4, -0.2) is 23.3 Å². The van der Waals surface area contributed by atoms with Crippen LogP contribution in [0.1, 0.15) is 22.8 Å². The Kier molecular flexibility index (Phi) is 5.84. The largest absolute Gasteiger partial charge is 0.335 e. The number of hydrogen-bond acceptors (Lipinski definition) is 2. The maximum absolute atomic E-state index is 13.0. The van der Waals surface area contributed by atoms with Crippen LogP contribution in [0, 0.1) is 5.82 Å². The smallest absolute Gasteiger partial charge is 0.254 e. The van der Waals surface area contributed by atoms with E-state index >= 15 is 0 Å². The summed E-state index contributed by atoms with van der Waals surface area (Å²) in [6, 6.07) is 12.8. The first kappa shape index (κ1) is 17.4. The molecule has 2 aromatic carbocycles. The summed E-state index contributed by atoms with van der Waals surface area (Å²) in [6.45, 7) is 6.18. The Balaban J connectivity index is 2.15. The summed E-state index contributed by atoms with van der Waals surface area (Å²) in [4.78, 5) is 25.7. The van der Waals surface area contributed by atoms with Gasteiger partial charge in [0.2, 0.25) is 5.91 Å². The van der Waals surface area contributed by atoms with Crippen molar-refractivity contribution in [3.63, 3.8) is 0 Å². The minimum absolute atomic E-state index is 0.156. The van der Waals surface area contributed by atoms with Gasteiger partial charge in [-0.05, 0) is 48.9 Å². The van der Waals surface area contributed by atoms with Crippen LogP contribution in [0.15, 0.2) is 61.2 Å². The van der Waals surface area contributed by atoms with Gasteiger partial charge in [-0.2, -0.15) is 0 Å². The number of carbonyl (C=O) groups excluding carboxylic acids is 2. The molecule has 0 aliphatic carbocycles. The van der Waals surface area contributed by atoms with Gasteiger partial charge >= 0.3 is 0 Å². The van der Waals surface area contributed by atoms with Crippen molar-refractivity contribution >= 4 is 17.5 Å². The highest BCUT2D eigenvalue weighted by molar-refractivity contribution is 6.00. The molecule has 2 rings (SSSR count). The number of carbonyl (C=O) groups is 2. The number of hydrogen-bond donors (Lipinski definition) is 1. The fourth-order valence-corrected chi connectivity index (χ4v) is 2.24. The molecule has 0 radical (unpaired) electrons. The van der Waals surface area contributed by atoms with Gasteiger partial charge in [0.15, 0.2) is 0 Å². The third-order valence-corrected chi connectivity index (χ3v) is 3.52. The molecule has 0 spiro atoms. The van der Waals surface area contributed by atoms with Crippen molar-refractivity contribution in [3.05, 3.63) is 78.1 Å². The zero-order chi connectivity index (χ0) is 17.5. The van der Waals surface area contributed by atoms with Gasteiger partial charge in [0.1, 0.15) is 5.82 Å². The Morgan fingerprint density at radius 1 is 1.21 bits per heavy atom. The van der Waals surface area contributed by atoms with Crippen molar-refractivity contribution in [3.8, 4) is 0 Å². The van der Waals surface area contributed by atoms with Crippen molar-refractivity contribution in [2.75, 3.05) is 11.9 Å². The molecule has 24 heavy (non-hydrogen) atoms. The SMILES string of the molecule is C=CC(=O)Nc1cccc(C(=O)N(CC)Cc2ccc(F)cc2)c1. The molecule has 0 fully saturated rings. The van der Waals surface area contributed by atoms with E-state index < -0.39 is 0 Å². The van der Waals surface area contributed by atoms with Crippen LogP contribution >= 0.6 is 0 Å². The van der Waals surface area contributed by atoms with Gasteiger partial charge in [-0.1, -0.05) is 24.8 Å². The summed E-state index contributed by atoms with van der Waals surface area (Å²) in [5.74, 6) is -0.798. The topological polar surface area (TPSA) is 49.4 Å². The predicted octanol–water partition coefficient (Wildman–Crippen LogP) is 3.61. The van der Waals surface area contributed by atoms with Crippen LogP contribution in [0.3, 0.4) is 0 Å². The second kappa shape index (κ2) is 8.06. The third-order valence-electron chi connectivity index (χ3n) is 3.52. The quantitative estimate of drug-likeness (QED) is 0.824. The summed E-state index contributed by atoms with van der Waals surface area (Å²) in [7, 11) is 0. The van der Waals surface area contributed by atoms with E-state index in [1.165, 1.54) is 18.2 Å². The molecule has 2 amide bonds. The number of nitrogens with zero attached hydrogens (tertiary/aromatic N) is 1. The lowest BCUT2D eigenvalue weighted by Crippen LogP contribution is -2.30. The number of rotatable bonds is 6. The fraction of sp³-hybridized carbons (Fsp3) is 0.158. The summed E-state index contributed by atoms with van der Waals surface area (Å²) >= 11 is 0. The maximum Gasteiger partial charge on any atom is 0.254 e. The lowest BCUT2D eigenvalue weighted by Gasteiger charge is -2.21. The normalized spacial score (nSPS) is 10.1. The van der Waals surface area contributed by atoms with Crippen LogP contribution < -0.4 is 5.32 Å². The molecule has 0 heterocycles. The number of halogens is 1. The zero-order valence-electron chi connectivity index (χ0n) is 13.5. The molecule has 0 atom stereocenters. The van der Waals surface area contributed by atoms with Gasteiger partial charge in [0.05, 0.1) is 0 Å². The number of anilines is 1. The minimum Gasteiger partial charge on any atom is -0.335 e. The Morgan fingerprint density at radius 3 is 2.54 bits per heavy atom. The summed E-state index contributed by atoms with van der Waals surface area (Å²) < 4.78 is 13.0. The summed E-state index contributed by atoms with van der Waals surface area (Å²) in [6.07, 6.45) is 1.17. The van der Waals surface area contributed by atoms with E-state index in [1.54, 1.807) is 41.3 Å². The number of nitrogens with one attached hydrogen (secondary N) is 1. The van der Waals surface area contributed by atoms with Crippen LogP contribution in [0.2, 0.25) is 0 Å². The number of amides is 2. The molecule has 0 saturated carbocycles. The second-order valence-corrected chi connectivity index (χ2v) is 5.22. The molecule has 0 unspecified atom stereocenters. The van der Waals surface area contributed by atoms with Gasteiger partial charge in [-0.15, -0.1) is 0 Å². The highest BCUT2D eigenvalue weighted by atomic mass is 19.1. The molecule has 0 bridgehead atoms. The van der Waals surface area contributed by atoms with E-state index in [1.807, 2.05) is 6.92 Å². The van der Waals surface area contributed by atoms with Crippen LogP contribution in [0.5, 0.6) is 0 Å². The molecule has 0 aliphatic rings. The standard InChI is InChI=1S/C19H19FN2O2/c1-3-18(23)21-17-7-5-6-15(12-17)19(24)22(4-2)13-14-8-10-16(20)11-9-14/h3,5-12H,1,4,13H2,2H3,(H,21,23). The molecule has 0 aromatic heterocycles. The van der Waals surface area contributed by atoms with Gasteiger partial charge in [0, 0.05) is 24.3 Å². The van der Waals surface area contributed by atoms with Crippen molar-refractivity contribution in [2.45, 2.75) is 13.5 Å². The van der Waals surface area contributed by atoms with Crippen LogP contribution in [0.25, 0.3) is 0 Å². The fourth-order valence-electron chi connectivity index (χ4n) is 2.24. The van der Waals surface area contributed by atoms with Gasteiger partial charge in [0.25, 0.3) is 5.91 Å². The first-order chi connectivity index (χ1) is 11.5. The minimum atomic E-state index is -0.335. The third kappa shape index (κ3) is 4.52. The molecule has 4 nitrogen and oxygen atoms in total. The first-order valence-corrected chi connectivity index (χ1v) is 7.60. The van der Waals surface area contributed by atoms with Crippen molar-refractivity contribution in [1.29, 1.82) is 0 Å². The number of benzene rings is 2. The Bertz CT molecular complexity index is 741. The monoisotopic (exact) mass is 326 g/mol. The molecule has 1 N–H and O–H groups in total. The highest BCUT2D eigenvalue weighted by Crippen LogP contribution is 2.15. The van der Waals surface area contributed by atoms with E-state index in [0.717, 1.165) is 5.56 Å². The Labute approximate surface area is 140 Å². The van der Waals surface area contributed by atoms with Gasteiger partial charge < -0.3 is 10.2 Å². The van der Waals surface area contributed by atoms with Gasteiger partial charge in [-0.25, -0.2) is 4.39 Å². The Morgan fingerprint density at radius 2 is 1.92 bits per heavy atom. The summed E-state index contributed by atoms with van der Waals surface area (Å²) in [5, 5.41) is 2.63. The van der Waals surface area contributed by atoms with Crippen LogP contribution in [-0.2, 0) is 11.3 Å². The molecule has 2 aromatic rings. The van der Waals surface area contributed by atoms with E-state index in [0.29, 0.717) is 24.3 Å². The van der Waals surface area contributed by atoms with Crippen molar-refractivity contribution < 1.29 is 14.0 Å². The average molecular weight is 326 g/mol. The molecule has 0 saturated heterocycles. The van der Waals surface area contributed by atoms with E-state index in [-0.39, 0.29) is 17.6 Å². The summed E-state index contributed by atoms with van der Waals surface area (Å²) in [5.41, 5.74) is 1.85. The lowest BCUT2D eigenvalue weighted by atomic mass is 10.1. The van der Waals surface area contributed by atoms with Gasteiger partial charge in [-0.3, -0.25) is 9.59 Å². The highest BCUT2D eigenvalue weighted by Gasteiger charge is 2.15. The lowest BCUT2D eigenvalue weighted by molar-refractivity contribution is -0.111. The maximum atomic E-state index is 13.0. The average Bonchev–Trinajstić information content (AvgIpc) is 2.60. The second-order valence-electron chi connectivity index (χ2n) is 5.22. The van der Waals surface area contributed by atoms with Crippen LogP contribution in [0.4, 0.5) is 10.1 Å². The van der Waals surface area contributed by atoms with E-state index in [4.69, 9.17) is 0 Å². The van der Waals surface area contributed by atoms with Crippen molar-refractivity contribution in [2.24, 2.45) is 0 Å². The Hall–Kier alpha value is -2.95. The molecular weight excluding hydrogens is 307 g/mol. The molecule has 0 aliphatic heterocycles.